The fourth-order valence-electron chi connectivity index (χ4n) is 1.15. The number of rotatable bonds is 1. The van der Waals surface area contributed by atoms with Gasteiger partial charge in [-0.3, -0.25) is 0 Å². The van der Waals surface area contributed by atoms with Crippen molar-refractivity contribution in [3.63, 3.8) is 0 Å². The Morgan fingerprint density at radius 2 is 2.08 bits per heavy atom. The van der Waals surface area contributed by atoms with Crippen molar-refractivity contribution in [2.45, 2.75) is 0 Å². The Kier molecular flexibility index (Phi) is 1.66. The summed E-state index contributed by atoms with van der Waals surface area (Å²) in [5.74, 6) is 0.333. The molecule has 0 amide bonds. The minimum absolute atomic E-state index is 0.151. The molecule has 0 saturated heterocycles. The van der Waals surface area contributed by atoms with E-state index in [4.69, 9.17) is 5.11 Å². The average Bonchev–Trinajstić information content (AvgIpc) is 2.17. The van der Waals surface area contributed by atoms with Crippen LogP contribution in [-0.4, -0.2) is 10.1 Å². The Morgan fingerprint density at radius 1 is 1.23 bits per heavy atom. The van der Waals surface area contributed by atoms with E-state index in [0.29, 0.717) is 5.52 Å². The second-order valence-corrected chi connectivity index (χ2v) is 2.64. The first-order valence-corrected chi connectivity index (χ1v) is 3.73. The standard InChI is InChI=1S/C9H6N2O2/c12-7-2-3-8-6(5-7)1-4-9(10-8)11-13/h1-5,12H. The molecule has 1 aromatic heterocycles. The third-order valence-electron chi connectivity index (χ3n) is 1.75. The predicted molar refractivity (Wildman–Crippen MR) is 48.9 cm³/mol. The van der Waals surface area contributed by atoms with Crippen molar-refractivity contribution in [2.24, 2.45) is 5.18 Å². The summed E-state index contributed by atoms with van der Waals surface area (Å²) < 4.78 is 0. The lowest BCUT2D eigenvalue weighted by Gasteiger charge is -1.97. The van der Waals surface area contributed by atoms with Crippen LogP contribution in [0.5, 0.6) is 5.75 Å². The van der Waals surface area contributed by atoms with Crippen LogP contribution >= 0.6 is 0 Å². The topological polar surface area (TPSA) is 62.5 Å². The SMILES string of the molecule is O=Nc1ccc2cc(O)ccc2n1. The van der Waals surface area contributed by atoms with Gasteiger partial charge in [-0.05, 0) is 35.5 Å². The molecule has 0 unspecified atom stereocenters. The van der Waals surface area contributed by atoms with E-state index in [1.807, 2.05) is 0 Å². The highest BCUT2D eigenvalue weighted by Gasteiger charge is 1.98. The summed E-state index contributed by atoms with van der Waals surface area (Å²) in [5.41, 5.74) is 0.648. The second-order valence-electron chi connectivity index (χ2n) is 2.64. The zero-order chi connectivity index (χ0) is 9.26. The number of hydrogen-bond donors (Lipinski definition) is 1. The Labute approximate surface area is 73.8 Å². The molecular weight excluding hydrogens is 168 g/mol. The number of aromatic nitrogens is 1. The van der Waals surface area contributed by atoms with Gasteiger partial charge in [0.25, 0.3) is 0 Å². The van der Waals surface area contributed by atoms with E-state index in [9.17, 15) is 4.91 Å². The molecule has 0 fully saturated rings. The van der Waals surface area contributed by atoms with Crippen molar-refractivity contribution >= 4 is 16.7 Å². The van der Waals surface area contributed by atoms with Gasteiger partial charge < -0.3 is 5.11 Å². The summed E-state index contributed by atoms with van der Waals surface area (Å²) in [6.07, 6.45) is 0. The average molecular weight is 174 g/mol. The third-order valence-corrected chi connectivity index (χ3v) is 1.75. The lowest BCUT2D eigenvalue weighted by Crippen LogP contribution is -1.77. The molecule has 4 nitrogen and oxygen atoms in total. The minimum atomic E-state index is 0.151. The van der Waals surface area contributed by atoms with Gasteiger partial charge in [0, 0.05) is 5.39 Å². The molecule has 13 heavy (non-hydrogen) atoms. The van der Waals surface area contributed by atoms with Crippen molar-refractivity contribution in [1.29, 1.82) is 0 Å². The Bertz CT molecular complexity index is 468. The normalized spacial score (nSPS) is 10.2. The quantitative estimate of drug-likeness (QED) is 0.675. The third kappa shape index (κ3) is 1.33. The Balaban J connectivity index is 2.73. The van der Waals surface area contributed by atoms with Crippen molar-refractivity contribution in [3.05, 3.63) is 35.2 Å². The van der Waals surface area contributed by atoms with E-state index in [2.05, 4.69) is 10.2 Å². The van der Waals surface area contributed by atoms with Gasteiger partial charge in [0.15, 0.2) is 5.82 Å². The Hall–Kier alpha value is -1.97. The zero-order valence-corrected chi connectivity index (χ0v) is 6.64. The molecule has 4 heteroatoms. The van der Waals surface area contributed by atoms with Crippen LogP contribution in [-0.2, 0) is 0 Å². The lowest BCUT2D eigenvalue weighted by atomic mass is 10.2. The summed E-state index contributed by atoms with van der Waals surface area (Å²) in [4.78, 5) is 14.1. The molecule has 1 heterocycles. The number of benzene rings is 1. The van der Waals surface area contributed by atoms with E-state index >= 15 is 0 Å². The number of hydrogen-bond acceptors (Lipinski definition) is 4. The molecule has 2 rings (SSSR count). The van der Waals surface area contributed by atoms with Gasteiger partial charge >= 0.3 is 0 Å². The predicted octanol–water partition coefficient (Wildman–Crippen LogP) is 2.34. The van der Waals surface area contributed by atoms with Gasteiger partial charge in [-0.1, -0.05) is 0 Å². The van der Waals surface area contributed by atoms with Crippen LogP contribution in [0.3, 0.4) is 0 Å². The van der Waals surface area contributed by atoms with E-state index in [-0.39, 0.29) is 11.6 Å². The van der Waals surface area contributed by atoms with Gasteiger partial charge in [-0.2, -0.15) is 0 Å². The number of nitroso groups, excluding NO2 is 1. The second kappa shape index (κ2) is 2.82. The van der Waals surface area contributed by atoms with Crippen LogP contribution in [0.25, 0.3) is 10.9 Å². The van der Waals surface area contributed by atoms with Crippen LogP contribution < -0.4 is 0 Å². The summed E-state index contributed by atoms with van der Waals surface area (Å²) >= 11 is 0. The van der Waals surface area contributed by atoms with E-state index in [0.717, 1.165) is 5.39 Å². The summed E-state index contributed by atoms with van der Waals surface area (Å²) in [7, 11) is 0. The molecule has 0 aliphatic rings. The molecule has 0 atom stereocenters. The zero-order valence-electron chi connectivity index (χ0n) is 6.64. The number of nitrogens with zero attached hydrogens (tertiary/aromatic N) is 2. The maximum absolute atomic E-state index is 10.2. The molecule has 0 saturated carbocycles. The summed E-state index contributed by atoms with van der Waals surface area (Å²) in [6.45, 7) is 0. The molecule has 0 aliphatic heterocycles. The molecule has 64 valence electrons. The van der Waals surface area contributed by atoms with Crippen LogP contribution in [0.15, 0.2) is 35.5 Å². The highest BCUT2D eigenvalue weighted by molar-refractivity contribution is 5.81. The molecule has 0 aliphatic carbocycles. The van der Waals surface area contributed by atoms with Crippen molar-refractivity contribution < 1.29 is 5.11 Å². The van der Waals surface area contributed by atoms with Crippen LogP contribution in [0.2, 0.25) is 0 Å². The van der Waals surface area contributed by atoms with Gasteiger partial charge in [-0.15, -0.1) is 4.91 Å². The monoisotopic (exact) mass is 174 g/mol. The van der Waals surface area contributed by atoms with Crippen molar-refractivity contribution in [3.8, 4) is 5.75 Å². The number of phenolic OH excluding ortho intramolecular Hbond substituents is 1. The van der Waals surface area contributed by atoms with Gasteiger partial charge in [0.2, 0.25) is 0 Å². The summed E-state index contributed by atoms with van der Waals surface area (Å²) in [6, 6.07) is 7.94. The summed E-state index contributed by atoms with van der Waals surface area (Å²) in [5, 5.41) is 12.6. The molecular formula is C9H6N2O2. The van der Waals surface area contributed by atoms with E-state index in [1.54, 1.807) is 18.2 Å². The molecule has 1 aromatic carbocycles. The van der Waals surface area contributed by atoms with Crippen molar-refractivity contribution in [2.75, 3.05) is 0 Å². The molecule has 2 aromatic rings. The van der Waals surface area contributed by atoms with Crippen molar-refractivity contribution in [1.82, 2.24) is 4.98 Å². The number of phenols is 1. The Morgan fingerprint density at radius 3 is 2.85 bits per heavy atom. The molecule has 0 radical (unpaired) electrons. The first kappa shape index (κ1) is 7.67. The molecule has 1 N–H and O–H groups in total. The first-order valence-electron chi connectivity index (χ1n) is 3.73. The maximum atomic E-state index is 10.2. The minimum Gasteiger partial charge on any atom is -0.508 e. The first-order chi connectivity index (χ1) is 6.29. The molecule has 0 bridgehead atoms. The van der Waals surface area contributed by atoms with Crippen LogP contribution in [0.4, 0.5) is 5.82 Å². The van der Waals surface area contributed by atoms with Gasteiger partial charge in [0.05, 0.1) is 5.52 Å². The highest BCUT2D eigenvalue weighted by atomic mass is 16.3. The van der Waals surface area contributed by atoms with Gasteiger partial charge in [-0.25, -0.2) is 4.98 Å². The number of fused-ring (bicyclic) bond motifs is 1. The number of pyridine rings is 1. The fraction of sp³-hybridized carbons (Fsp3) is 0. The van der Waals surface area contributed by atoms with Crippen LogP contribution in [0.1, 0.15) is 0 Å². The highest BCUT2D eigenvalue weighted by Crippen LogP contribution is 2.20. The van der Waals surface area contributed by atoms with Gasteiger partial charge in [0.1, 0.15) is 5.75 Å². The fourth-order valence-corrected chi connectivity index (χ4v) is 1.15. The number of aromatic hydroxyl groups is 1. The van der Waals surface area contributed by atoms with Crippen LogP contribution in [0, 0.1) is 4.91 Å². The lowest BCUT2D eigenvalue weighted by molar-refractivity contribution is 0.476. The van der Waals surface area contributed by atoms with E-state index in [1.165, 1.54) is 12.1 Å². The van der Waals surface area contributed by atoms with E-state index < -0.39 is 0 Å². The maximum Gasteiger partial charge on any atom is 0.197 e. The molecule has 0 spiro atoms. The largest absolute Gasteiger partial charge is 0.508 e. The smallest absolute Gasteiger partial charge is 0.197 e.